The van der Waals surface area contributed by atoms with Gasteiger partial charge in [-0.1, -0.05) is 19.9 Å². The van der Waals surface area contributed by atoms with Crippen molar-refractivity contribution in [2.75, 3.05) is 19.8 Å². The minimum Gasteiger partial charge on any atom is -0.486 e. The molecule has 0 aliphatic carbocycles. The van der Waals surface area contributed by atoms with Gasteiger partial charge in [-0.15, -0.1) is 0 Å². The average molecular weight is 278 g/mol. The van der Waals surface area contributed by atoms with Gasteiger partial charge in [0.1, 0.15) is 13.2 Å². The Labute approximate surface area is 119 Å². The summed E-state index contributed by atoms with van der Waals surface area (Å²) in [6.07, 6.45) is 0.489. The summed E-state index contributed by atoms with van der Waals surface area (Å²) >= 11 is 0. The highest BCUT2D eigenvalue weighted by Crippen LogP contribution is 2.30. The third-order valence-electron chi connectivity index (χ3n) is 3.00. The first-order valence-electron chi connectivity index (χ1n) is 7.04. The van der Waals surface area contributed by atoms with Crippen LogP contribution in [-0.2, 0) is 11.3 Å². The first-order chi connectivity index (χ1) is 9.65. The number of ether oxygens (including phenoxy) is 2. The Bertz CT molecular complexity index is 460. The van der Waals surface area contributed by atoms with Crippen molar-refractivity contribution in [1.82, 2.24) is 10.6 Å². The molecule has 1 amide bonds. The molecule has 1 aromatic rings. The molecule has 110 valence electrons. The first-order valence-corrected chi connectivity index (χ1v) is 7.04. The zero-order valence-corrected chi connectivity index (χ0v) is 12.1. The molecule has 0 radical (unpaired) electrons. The van der Waals surface area contributed by atoms with Crippen LogP contribution in [0.15, 0.2) is 18.2 Å². The fourth-order valence-corrected chi connectivity index (χ4v) is 1.96. The molecular formula is C15H22N2O3. The van der Waals surface area contributed by atoms with E-state index >= 15 is 0 Å². The molecule has 1 heterocycles. The van der Waals surface area contributed by atoms with Gasteiger partial charge in [-0.3, -0.25) is 4.79 Å². The number of fused-ring (bicyclic) bond motifs is 1. The Morgan fingerprint density at radius 1 is 1.25 bits per heavy atom. The number of benzene rings is 1. The average Bonchev–Trinajstić information content (AvgIpc) is 2.44. The van der Waals surface area contributed by atoms with Crippen molar-refractivity contribution < 1.29 is 14.3 Å². The quantitative estimate of drug-likeness (QED) is 0.827. The lowest BCUT2D eigenvalue weighted by molar-refractivity contribution is -0.121. The van der Waals surface area contributed by atoms with E-state index in [1.807, 2.05) is 18.2 Å². The van der Waals surface area contributed by atoms with Gasteiger partial charge in [-0.2, -0.15) is 0 Å². The first kappa shape index (κ1) is 14.7. The van der Waals surface area contributed by atoms with E-state index in [0.29, 0.717) is 38.8 Å². The van der Waals surface area contributed by atoms with E-state index in [0.717, 1.165) is 17.1 Å². The fourth-order valence-electron chi connectivity index (χ4n) is 1.96. The Balaban J connectivity index is 1.77. The topological polar surface area (TPSA) is 59.6 Å². The van der Waals surface area contributed by atoms with Gasteiger partial charge in [0.25, 0.3) is 0 Å². The Morgan fingerprint density at radius 3 is 2.75 bits per heavy atom. The van der Waals surface area contributed by atoms with Crippen LogP contribution < -0.4 is 20.1 Å². The van der Waals surface area contributed by atoms with E-state index in [2.05, 4.69) is 24.5 Å². The second-order valence-corrected chi connectivity index (χ2v) is 5.11. The highest BCUT2D eigenvalue weighted by molar-refractivity contribution is 5.76. The van der Waals surface area contributed by atoms with Gasteiger partial charge in [0, 0.05) is 25.6 Å². The lowest BCUT2D eigenvalue weighted by Gasteiger charge is -2.19. The van der Waals surface area contributed by atoms with Crippen molar-refractivity contribution in [2.45, 2.75) is 32.9 Å². The normalized spacial score (nSPS) is 13.3. The van der Waals surface area contributed by atoms with Crippen LogP contribution in [0.25, 0.3) is 0 Å². The molecule has 5 heteroatoms. The summed E-state index contributed by atoms with van der Waals surface area (Å²) in [6.45, 7) is 6.50. The van der Waals surface area contributed by atoms with Gasteiger partial charge in [0.2, 0.25) is 5.91 Å². The molecule has 1 aliphatic rings. The van der Waals surface area contributed by atoms with E-state index in [1.54, 1.807) is 0 Å². The van der Waals surface area contributed by atoms with E-state index < -0.39 is 0 Å². The molecule has 0 aromatic heterocycles. The molecular weight excluding hydrogens is 256 g/mol. The third-order valence-corrected chi connectivity index (χ3v) is 3.00. The number of hydrogen-bond donors (Lipinski definition) is 2. The molecule has 2 N–H and O–H groups in total. The maximum absolute atomic E-state index is 11.7. The van der Waals surface area contributed by atoms with Gasteiger partial charge in [0.05, 0.1) is 0 Å². The molecule has 2 rings (SSSR count). The third kappa shape index (κ3) is 4.42. The molecule has 0 bridgehead atoms. The number of nitrogens with one attached hydrogen (secondary N) is 2. The maximum atomic E-state index is 11.7. The minimum atomic E-state index is 0.0491. The number of rotatable bonds is 6. The summed E-state index contributed by atoms with van der Waals surface area (Å²) in [5.41, 5.74) is 1.01. The Kier molecular flexibility index (Phi) is 5.24. The number of hydrogen-bond acceptors (Lipinski definition) is 4. The summed E-state index contributed by atoms with van der Waals surface area (Å²) < 4.78 is 11.0. The zero-order chi connectivity index (χ0) is 14.4. The summed E-state index contributed by atoms with van der Waals surface area (Å²) in [5.74, 6) is 1.57. The van der Waals surface area contributed by atoms with Crippen molar-refractivity contribution in [3.05, 3.63) is 23.8 Å². The monoisotopic (exact) mass is 278 g/mol. The molecule has 0 unspecified atom stereocenters. The second-order valence-electron chi connectivity index (χ2n) is 5.11. The zero-order valence-electron chi connectivity index (χ0n) is 12.1. The number of carbonyl (C=O) groups is 1. The SMILES string of the molecule is CC(C)NCCC(=O)NCc1ccc2c(c1)OCCO2. The Morgan fingerprint density at radius 2 is 2.00 bits per heavy atom. The van der Waals surface area contributed by atoms with Crippen molar-refractivity contribution in [3.63, 3.8) is 0 Å². The molecule has 20 heavy (non-hydrogen) atoms. The lowest BCUT2D eigenvalue weighted by Crippen LogP contribution is -2.30. The van der Waals surface area contributed by atoms with Crippen molar-refractivity contribution in [2.24, 2.45) is 0 Å². The van der Waals surface area contributed by atoms with Crippen LogP contribution in [0.1, 0.15) is 25.8 Å². The second kappa shape index (κ2) is 7.14. The van der Waals surface area contributed by atoms with Gasteiger partial charge >= 0.3 is 0 Å². The smallest absolute Gasteiger partial charge is 0.221 e. The molecule has 0 atom stereocenters. The van der Waals surface area contributed by atoms with Crippen LogP contribution in [0.3, 0.4) is 0 Å². The molecule has 0 saturated carbocycles. The van der Waals surface area contributed by atoms with E-state index in [4.69, 9.17) is 9.47 Å². The standard InChI is InChI=1S/C15H22N2O3/c1-11(2)16-6-5-15(18)17-10-12-3-4-13-14(9-12)20-8-7-19-13/h3-4,9,11,16H,5-8,10H2,1-2H3,(H,17,18). The molecule has 0 spiro atoms. The van der Waals surface area contributed by atoms with Crippen molar-refractivity contribution >= 4 is 5.91 Å². The van der Waals surface area contributed by atoms with E-state index in [-0.39, 0.29) is 5.91 Å². The summed E-state index contributed by atoms with van der Waals surface area (Å²) in [4.78, 5) is 11.7. The minimum absolute atomic E-state index is 0.0491. The molecule has 0 saturated heterocycles. The van der Waals surface area contributed by atoms with Crippen LogP contribution in [0, 0.1) is 0 Å². The largest absolute Gasteiger partial charge is 0.486 e. The van der Waals surface area contributed by atoms with Gasteiger partial charge in [-0.25, -0.2) is 0 Å². The van der Waals surface area contributed by atoms with Crippen LogP contribution >= 0.6 is 0 Å². The highest BCUT2D eigenvalue weighted by atomic mass is 16.6. The van der Waals surface area contributed by atoms with E-state index in [9.17, 15) is 4.79 Å². The van der Waals surface area contributed by atoms with Gasteiger partial charge in [0.15, 0.2) is 11.5 Å². The molecule has 0 fully saturated rings. The number of carbonyl (C=O) groups excluding carboxylic acids is 1. The van der Waals surface area contributed by atoms with Gasteiger partial charge in [-0.05, 0) is 17.7 Å². The summed E-state index contributed by atoms with van der Waals surface area (Å²) in [5, 5.41) is 6.12. The van der Waals surface area contributed by atoms with Crippen LogP contribution in [0.4, 0.5) is 0 Å². The maximum Gasteiger partial charge on any atom is 0.221 e. The number of amides is 1. The van der Waals surface area contributed by atoms with Crippen molar-refractivity contribution in [1.29, 1.82) is 0 Å². The predicted molar refractivity (Wildman–Crippen MR) is 77.0 cm³/mol. The molecule has 5 nitrogen and oxygen atoms in total. The molecule has 1 aliphatic heterocycles. The predicted octanol–water partition coefficient (Wildman–Crippen LogP) is 1.46. The molecule has 1 aromatic carbocycles. The summed E-state index contributed by atoms with van der Waals surface area (Å²) in [7, 11) is 0. The van der Waals surface area contributed by atoms with Gasteiger partial charge < -0.3 is 20.1 Å². The fraction of sp³-hybridized carbons (Fsp3) is 0.533. The Hall–Kier alpha value is -1.75. The van der Waals surface area contributed by atoms with Crippen LogP contribution in [-0.4, -0.2) is 31.7 Å². The van der Waals surface area contributed by atoms with Crippen LogP contribution in [0.2, 0.25) is 0 Å². The lowest BCUT2D eigenvalue weighted by atomic mass is 10.2. The van der Waals surface area contributed by atoms with Crippen molar-refractivity contribution in [3.8, 4) is 11.5 Å². The highest BCUT2D eigenvalue weighted by Gasteiger charge is 2.11. The van der Waals surface area contributed by atoms with Crippen LogP contribution in [0.5, 0.6) is 11.5 Å². The summed E-state index contributed by atoms with van der Waals surface area (Å²) in [6, 6.07) is 6.15. The van der Waals surface area contributed by atoms with E-state index in [1.165, 1.54) is 0 Å².